The summed E-state index contributed by atoms with van der Waals surface area (Å²) in [4.78, 5) is 40.1. The van der Waals surface area contributed by atoms with Gasteiger partial charge in [0.05, 0.1) is 6.04 Å². The van der Waals surface area contributed by atoms with E-state index >= 15 is 0 Å². The number of nitrogens with one attached hydrogen (secondary N) is 2. The minimum atomic E-state index is -1.34. The van der Waals surface area contributed by atoms with Crippen LogP contribution in [0.15, 0.2) is 72.8 Å². The van der Waals surface area contributed by atoms with Gasteiger partial charge in [-0.15, -0.1) is 0 Å². The number of hydrogen-bond donors (Lipinski definition) is 2. The molecule has 2 aliphatic rings. The molecule has 0 radical (unpaired) electrons. The summed E-state index contributed by atoms with van der Waals surface area (Å²) in [5.74, 6) is 0.0571. The normalized spacial score (nSPS) is 19.4. The zero-order valence-electron chi connectivity index (χ0n) is 18.8. The Kier molecular flexibility index (Phi) is 5.82. The van der Waals surface area contributed by atoms with Crippen molar-refractivity contribution in [2.75, 3.05) is 13.3 Å². The van der Waals surface area contributed by atoms with Gasteiger partial charge in [0.2, 0.25) is 12.7 Å². The van der Waals surface area contributed by atoms with Crippen molar-refractivity contribution in [3.05, 3.63) is 94.5 Å². The van der Waals surface area contributed by atoms with Crippen LogP contribution in [0.4, 0.5) is 4.79 Å². The largest absolute Gasteiger partial charge is 0.454 e. The lowest BCUT2D eigenvalue weighted by molar-refractivity contribution is -0.135. The summed E-state index contributed by atoms with van der Waals surface area (Å²) in [5, 5.41) is 6.24. The van der Waals surface area contributed by atoms with E-state index in [2.05, 4.69) is 10.6 Å². The van der Waals surface area contributed by atoms with E-state index < -0.39 is 36.0 Å². The number of carbonyl (C=O) groups is 3. The molecule has 2 heterocycles. The topological polar surface area (TPSA) is 97.0 Å². The zero-order valence-corrected chi connectivity index (χ0v) is 19.5. The van der Waals surface area contributed by atoms with Crippen LogP contribution in [0, 0.1) is 0 Å². The summed E-state index contributed by atoms with van der Waals surface area (Å²) < 4.78 is 10.7. The second kappa shape index (κ2) is 8.96. The fourth-order valence-electron chi connectivity index (χ4n) is 4.25. The van der Waals surface area contributed by atoms with Crippen molar-refractivity contribution in [1.82, 2.24) is 15.5 Å². The van der Waals surface area contributed by atoms with Crippen molar-refractivity contribution in [1.29, 1.82) is 0 Å². The number of imide groups is 1. The maximum absolute atomic E-state index is 13.3. The predicted molar refractivity (Wildman–Crippen MR) is 128 cm³/mol. The van der Waals surface area contributed by atoms with Gasteiger partial charge < -0.3 is 20.1 Å². The third-order valence-electron chi connectivity index (χ3n) is 6.17. The fraction of sp³-hybridized carbons (Fsp3) is 0.192. The minimum absolute atomic E-state index is 0.0955. The predicted octanol–water partition coefficient (Wildman–Crippen LogP) is 3.74. The van der Waals surface area contributed by atoms with E-state index in [-0.39, 0.29) is 6.79 Å². The van der Waals surface area contributed by atoms with Gasteiger partial charge in [-0.3, -0.25) is 14.5 Å². The van der Waals surface area contributed by atoms with Crippen LogP contribution in [0.3, 0.4) is 0 Å². The molecule has 2 aliphatic heterocycles. The number of carbonyl (C=O) groups excluding carboxylic acids is 3. The SMILES string of the molecule is C[C@@]1(c2ccc3c(c2)OCO3)NC(=O)N(CC(=O)N[C@H](c2ccccc2)c2ccc(Cl)cc2)C1=O. The summed E-state index contributed by atoms with van der Waals surface area (Å²) in [6.07, 6.45) is 0. The molecular weight excluding hydrogens is 470 g/mol. The number of nitrogens with zero attached hydrogens (tertiary/aromatic N) is 1. The Morgan fingerprint density at radius 3 is 2.46 bits per heavy atom. The average Bonchev–Trinajstić information content (AvgIpc) is 3.42. The highest BCUT2D eigenvalue weighted by atomic mass is 35.5. The molecule has 0 unspecified atom stereocenters. The van der Waals surface area contributed by atoms with Gasteiger partial charge >= 0.3 is 6.03 Å². The number of hydrogen-bond acceptors (Lipinski definition) is 5. The first kappa shape index (κ1) is 22.7. The third-order valence-corrected chi connectivity index (χ3v) is 6.42. The van der Waals surface area contributed by atoms with E-state index in [1.165, 1.54) is 0 Å². The molecule has 0 aliphatic carbocycles. The van der Waals surface area contributed by atoms with E-state index in [1.54, 1.807) is 37.3 Å². The van der Waals surface area contributed by atoms with Gasteiger partial charge in [0, 0.05) is 5.02 Å². The van der Waals surface area contributed by atoms with Gasteiger partial charge in [-0.25, -0.2) is 4.79 Å². The smallest absolute Gasteiger partial charge is 0.325 e. The number of amides is 4. The standard InChI is InChI=1S/C26H22ClN3O5/c1-26(18-9-12-20-21(13-18)35-15-34-20)24(32)30(25(33)29-26)14-22(31)28-23(16-5-3-2-4-6-16)17-7-10-19(27)11-8-17/h2-13,23H,14-15H2,1H3,(H,28,31)(H,29,33)/t23-,26+/m1/s1. The summed E-state index contributed by atoms with van der Waals surface area (Å²) in [7, 11) is 0. The van der Waals surface area contributed by atoms with Crippen molar-refractivity contribution in [3.63, 3.8) is 0 Å². The van der Waals surface area contributed by atoms with E-state index in [9.17, 15) is 14.4 Å². The lowest BCUT2D eigenvalue weighted by Gasteiger charge is -2.23. The molecule has 35 heavy (non-hydrogen) atoms. The molecule has 5 rings (SSSR count). The van der Waals surface area contributed by atoms with Crippen LogP contribution in [0.5, 0.6) is 11.5 Å². The first-order valence-electron chi connectivity index (χ1n) is 11.0. The number of ether oxygens (including phenoxy) is 2. The van der Waals surface area contributed by atoms with Gasteiger partial charge in [-0.2, -0.15) is 0 Å². The van der Waals surface area contributed by atoms with Crippen LogP contribution in [-0.2, 0) is 15.1 Å². The molecule has 0 spiro atoms. The summed E-state index contributed by atoms with van der Waals surface area (Å²) in [5.41, 5.74) is 0.862. The second-order valence-electron chi connectivity index (χ2n) is 8.48. The first-order chi connectivity index (χ1) is 16.8. The zero-order chi connectivity index (χ0) is 24.6. The molecule has 0 aromatic heterocycles. The van der Waals surface area contributed by atoms with Gasteiger partial charge in [-0.1, -0.05) is 60.1 Å². The highest BCUT2D eigenvalue weighted by Gasteiger charge is 2.50. The highest BCUT2D eigenvalue weighted by Crippen LogP contribution is 2.37. The average molecular weight is 492 g/mol. The Hall–Kier alpha value is -4.04. The molecule has 178 valence electrons. The fourth-order valence-corrected chi connectivity index (χ4v) is 4.38. The number of fused-ring (bicyclic) bond motifs is 1. The molecule has 1 saturated heterocycles. The number of rotatable bonds is 6. The van der Waals surface area contributed by atoms with Crippen LogP contribution in [0.2, 0.25) is 5.02 Å². The van der Waals surface area contributed by atoms with Crippen LogP contribution >= 0.6 is 11.6 Å². The van der Waals surface area contributed by atoms with Crippen molar-refractivity contribution in [2.45, 2.75) is 18.5 Å². The van der Waals surface area contributed by atoms with Crippen LogP contribution in [0.1, 0.15) is 29.7 Å². The highest BCUT2D eigenvalue weighted by molar-refractivity contribution is 6.30. The number of urea groups is 1. The minimum Gasteiger partial charge on any atom is -0.454 e. The Labute approximate surface area is 206 Å². The van der Waals surface area contributed by atoms with E-state index in [4.69, 9.17) is 21.1 Å². The summed E-state index contributed by atoms with van der Waals surface area (Å²) in [6.45, 7) is 1.27. The molecule has 0 bridgehead atoms. The molecule has 1 fully saturated rings. The maximum Gasteiger partial charge on any atom is 0.325 e. The Bertz CT molecular complexity index is 1300. The number of halogens is 1. The molecule has 4 amide bonds. The van der Waals surface area contributed by atoms with Crippen LogP contribution in [-0.4, -0.2) is 36.1 Å². The van der Waals surface area contributed by atoms with Gasteiger partial charge in [0.1, 0.15) is 12.1 Å². The van der Waals surface area contributed by atoms with Crippen LogP contribution < -0.4 is 20.1 Å². The van der Waals surface area contributed by atoms with Crippen LogP contribution in [0.25, 0.3) is 0 Å². The lowest BCUT2D eigenvalue weighted by Crippen LogP contribution is -2.44. The molecule has 0 saturated carbocycles. The maximum atomic E-state index is 13.3. The van der Waals surface area contributed by atoms with Crippen molar-refractivity contribution in [3.8, 4) is 11.5 Å². The van der Waals surface area contributed by atoms with E-state index in [1.807, 2.05) is 42.5 Å². The number of benzene rings is 3. The molecule has 8 nitrogen and oxygen atoms in total. The first-order valence-corrected chi connectivity index (χ1v) is 11.4. The van der Waals surface area contributed by atoms with Gasteiger partial charge in [0.25, 0.3) is 5.91 Å². The van der Waals surface area contributed by atoms with Crippen molar-refractivity contribution < 1.29 is 23.9 Å². The Balaban J connectivity index is 1.35. The summed E-state index contributed by atoms with van der Waals surface area (Å²) >= 11 is 6.03. The molecule has 2 atom stereocenters. The van der Waals surface area contributed by atoms with Gasteiger partial charge in [0.15, 0.2) is 11.5 Å². The second-order valence-corrected chi connectivity index (χ2v) is 8.91. The molecular formula is C26H22ClN3O5. The third kappa shape index (κ3) is 4.28. The van der Waals surface area contributed by atoms with E-state index in [0.717, 1.165) is 16.0 Å². The van der Waals surface area contributed by atoms with Crippen molar-refractivity contribution >= 4 is 29.4 Å². The molecule has 9 heteroatoms. The Morgan fingerprint density at radius 2 is 1.71 bits per heavy atom. The quantitative estimate of drug-likeness (QED) is 0.512. The summed E-state index contributed by atoms with van der Waals surface area (Å²) in [6, 6.07) is 20.5. The van der Waals surface area contributed by atoms with E-state index in [0.29, 0.717) is 22.1 Å². The monoisotopic (exact) mass is 491 g/mol. The molecule has 3 aromatic rings. The van der Waals surface area contributed by atoms with Gasteiger partial charge in [-0.05, 0) is 47.9 Å². The molecule has 2 N–H and O–H groups in total. The Morgan fingerprint density at radius 1 is 1.03 bits per heavy atom. The van der Waals surface area contributed by atoms with Crippen molar-refractivity contribution in [2.24, 2.45) is 0 Å². The lowest BCUT2D eigenvalue weighted by atomic mass is 9.91. The molecule has 3 aromatic carbocycles.